The number of hydrogen-bond acceptors (Lipinski definition) is 3. The molecule has 11 heteroatoms. The molecule has 1 atom stereocenters. The Balaban J connectivity index is 1.70. The Hall–Kier alpha value is -2.11. The van der Waals surface area contributed by atoms with Crippen LogP contribution < -0.4 is 5.32 Å². The first-order valence-electron chi connectivity index (χ1n) is 12.4. The SMILES string of the molecule is O=C(NC1(c2ccccc2)CCC2(CC1)OCCO2)[C@@H](CCCBr)c1cc(C(F)(F)F)cc(C(F)(F)F)c1. The lowest BCUT2D eigenvalue weighted by atomic mass is 9.73. The fourth-order valence-corrected chi connectivity index (χ4v) is 5.64. The normalized spacial score (nSPS) is 19.9. The predicted molar refractivity (Wildman–Crippen MR) is 132 cm³/mol. The van der Waals surface area contributed by atoms with E-state index in [9.17, 15) is 31.1 Å². The van der Waals surface area contributed by atoms with Crippen LogP contribution in [0.3, 0.4) is 0 Å². The van der Waals surface area contributed by atoms with E-state index < -0.39 is 46.6 Å². The molecule has 2 aliphatic rings. The number of rotatable bonds is 7. The molecule has 0 bridgehead atoms. The van der Waals surface area contributed by atoms with Gasteiger partial charge in [0.1, 0.15) is 0 Å². The van der Waals surface area contributed by atoms with Gasteiger partial charge >= 0.3 is 12.4 Å². The van der Waals surface area contributed by atoms with Crippen LogP contribution in [-0.2, 0) is 32.2 Å². The van der Waals surface area contributed by atoms with Crippen LogP contribution in [0.1, 0.15) is 66.7 Å². The fourth-order valence-electron chi connectivity index (χ4n) is 5.32. The van der Waals surface area contributed by atoms with Crippen molar-refractivity contribution in [2.45, 2.75) is 68.1 Å². The van der Waals surface area contributed by atoms with E-state index in [2.05, 4.69) is 21.2 Å². The molecule has 38 heavy (non-hydrogen) atoms. The fraction of sp³-hybridized carbons (Fsp3) is 0.519. The zero-order valence-electron chi connectivity index (χ0n) is 20.4. The summed E-state index contributed by atoms with van der Waals surface area (Å²) in [5.41, 5.74) is -3.26. The predicted octanol–water partition coefficient (Wildman–Crippen LogP) is 7.31. The quantitative estimate of drug-likeness (QED) is 0.265. The Morgan fingerprint density at radius 2 is 1.45 bits per heavy atom. The molecule has 1 aliphatic carbocycles. The van der Waals surface area contributed by atoms with Crippen molar-refractivity contribution < 1.29 is 40.6 Å². The molecule has 2 aromatic carbocycles. The number of nitrogens with one attached hydrogen (secondary N) is 1. The topological polar surface area (TPSA) is 47.6 Å². The second-order valence-electron chi connectivity index (χ2n) is 9.77. The second kappa shape index (κ2) is 11.2. The van der Waals surface area contributed by atoms with Crippen molar-refractivity contribution in [3.8, 4) is 0 Å². The van der Waals surface area contributed by atoms with Gasteiger partial charge < -0.3 is 14.8 Å². The van der Waals surface area contributed by atoms with Crippen molar-refractivity contribution in [1.82, 2.24) is 5.32 Å². The summed E-state index contributed by atoms with van der Waals surface area (Å²) in [5.74, 6) is -2.57. The molecular formula is C27H28BrF6NO3. The van der Waals surface area contributed by atoms with Crippen LogP contribution in [0.25, 0.3) is 0 Å². The molecule has 1 aliphatic heterocycles. The van der Waals surface area contributed by atoms with Crippen LogP contribution in [-0.4, -0.2) is 30.2 Å². The van der Waals surface area contributed by atoms with E-state index in [-0.39, 0.29) is 18.1 Å². The lowest BCUT2D eigenvalue weighted by Crippen LogP contribution is -2.53. The van der Waals surface area contributed by atoms with Crippen LogP contribution in [0.15, 0.2) is 48.5 Å². The van der Waals surface area contributed by atoms with Crippen molar-refractivity contribution in [2.75, 3.05) is 18.5 Å². The zero-order chi connectivity index (χ0) is 27.6. The van der Waals surface area contributed by atoms with Crippen molar-refractivity contribution in [3.63, 3.8) is 0 Å². The summed E-state index contributed by atoms with van der Waals surface area (Å²) < 4.78 is 93.0. The van der Waals surface area contributed by atoms with E-state index in [1.165, 1.54) is 0 Å². The van der Waals surface area contributed by atoms with Crippen LogP contribution >= 0.6 is 15.9 Å². The Morgan fingerprint density at radius 1 is 0.895 bits per heavy atom. The van der Waals surface area contributed by atoms with Gasteiger partial charge in [0.05, 0.1) is 35.8 Å². The highest BCUT2D eigenvalue weighted by Crippen LogP contribution is 2.46. The lowest BCUT2D eigenvalue weighted by molar-refractivity contribution is -0.187. The molecular weight excluding hydrogens is 580 g/mol. The summed E-state index contributed by atoms with van der Waals surface area (Å²) in [7, 11) is 0. The molecule has 0 radical (unpaired) electrons. The number of amides is 1. The largest absolute Gasteiger partial charge is 0.416 e. The smallest absolute Gasteiger partial charge is 0.348 e. The van der Waals surface area contributed by atoms with Crippen LogP contribution in [0.2, 0.25) is 0 Å². The summed E-state index contributed by atoms with van der Waals surface area (Å²) >= 11 is 3.25. The van der Waals surface area contributed by atoms with Crippen molar-refractivity contribution in [3.05, 3.63) is 70.8 Å². The zero-order valence-corrected chi connectivity index (χ0v) is 22.0. The summed E-state index contributed by atoms with van der Waals surface area (Å²) in [6.45, 7) is 0.937. The van der Waals surface area contributed by atoms with Crippen molar-refractivity contribution in [2.24, 2.45) is 0 Å². The molecule has 1 spiro atoms. The molecule has 1 heterocycles. The van der Waals surface area contributed by atoms with Gasteiger partial charge in [0.2, 0.25) is 5.91 Å². The third-order valence-corrected chi connectivity index (χ3v) is 7.88. The number of carbonyl (C=O) groups excluding carboxylic acids is 1. The van der Waals surface area contributed by atoms with Crippen LogP contribution in [0.4, 0.5) is 26.3 Å². The Morgan fingerprint density at radius 3 is 1.95 bits per heavy atom. The number of halogens is 7. The number of carbonyl (C=O) groups is 1. The Kier molecular flexibility index (Phi) is 8.49. The minimum Gasteiger partial charge on any atom is -0.348 e. The number of hydrogen-bond donors (Lipinski definition) is 1. The van der Waals surface area contributed by atoms with Crippen molar-refractivity contribution >= 4 is 21.8 Å². The first-order valence-corrected chi connectivity index (χ1v) is 13.5. The Bertz CT molecular complexity index is 1070. The minimum absolute atomic E-state index is 0.0662. The van der Waals surface area contributed by atoms with Gasteiger partial charge in [0.15, 0.2) is 5.79 Å². The van der Waals surface area contributed by atoms with Crippen molar-refractivity contribution in [1.29, 1.82) is 0 Å². The molecule has 4 nitrogen and oxygen atoms in total. The molecule has 1 amide bonds. The van der Waals surface area contributed by atoms with Gasteiger partial charge in [0.25, 0.3) is 0 Å². The molecule has 1 saturated heterocycles. The van der Waals surface area contributed by atoms with E-state index in [1.54, 1.807) is 0 Å². The van der Waals surface area contributed by atoms with E-state index >= 15 is 0 Å². The third-order valence-electron chi connectivity index (χ3n) is 7.32. The van der Waals surface area contributed by atoms with Gasteiger partial charge in [-0.2, -0.15) is 26.3 Å². The Labute approximate surface area is 225 Å². The van der Waals surface area contributed by atoms with Crippen LogP contribution in [0, 0.1) is 0 Å². The highest BCUT2D eigenvalue weighted by atomic mass is 79.9. The first kappa shape index (κ1) is 28.9. The summed E-state index contributed by atoms with van der Waals surface area (Å²) in [6, 6.07) is 10.6. The maximum atomic E-state index is 13.8. The molecule has 2 fully saturated rings. The molecule has 1 N–H and O–H groups in total. The van der Waals surface area contributed by atoms with Crippen LogP contribution in [0.5, 0.6) is 0 Å². The van der Waals surface area contributed by atoms with Gasteiger partial charge in [-0.15, -0.1) is 0 Å². The lowest BCUT2D eigenvalue weighted by Gasteiger charge is -2.45. The number of benzene rings is 2. The van der Waals surface area contributed by atoms with Gasteiger partial charge in [-0.05, 0) is 55.0 Å². The van der Waals surface area contributed by atoms with Gasteiger partial charge in [0, 0.05) is 18.2 Å². The average molecular weight is 608 g/mol. The van der Waals surface area contributed by atoms with Gasteiger partial charge in [-0.3, -0.25) is 4.79 Å². The minimum atomic E-state index is -5.00. The maximum absolute atomic E-state index is 13.8. The number of alkyl halides is 7. The molecule has 0 unspecified atom stereocenters. The van der Waals surface area contributed by atoms with Gasteiger partial charge in [-0.1, -0.05) is 46.3 Å². The van der Waals surface area contributed by atoms with E-state index in [0.29, 0.717) is 62.8 Å². The summed E-state index contributed by atoms with van der Waals surface area (Å²) in [5, 5.41) is 3.48. The van der Waals surface area contributed by atoms with Gasteiger partial charge in [-0.25, -0.2) is 0 Å². The average Bonchev–Trinajstić information content (AvgIpc) is 3.33. The highest BCUT2D eigenvalue weighted by Gasteiger charge is 2.48. The monoisotopic (exact) mass is 607 g/mol. The number of ether oxygens (including phenoxy) is 2. The van der Waals surface area contributed by atoms with E-state index in [0.717, 1.165) is 5.56 Å². The maximum Gasteiger partial charge on any atom is 0.416 e. The molecule has 208 valence electrons. The molecule has 1 saturated carbocycles. The van der Waals surface area contributed by atoms with E-state index in [4.69, 9.17) is 9.47 Å². The molecule has 0 aromatic heterocycles. The standard InChI is InChI=1S/C27H28BrF6NO3/c28-12-4-7-22(18-15-20(26(29,30)31)17-21(16-18)27(32,33)34)23(36)35-24(19-5-2-1-3-6-19)8-10-25(11-9-24)37-13-14-38-25/h1-3,5-6,15-17,22H,4,7-14H2,(H,35,36)/t22-/m0/s1. The molecule has 2 aromatic rings. The first-order chi connectivity index (χ1) is 17.9. The highest BCUT2D eigenvalue weighted by molar-refractivity contribution is 9.09. The van der Waals surface area contributed by atoms with E-state index in [1.807, 2.05) is 30.3 Å². The molecule has 4 rings (SSSR count). The third kappa shape index (κ3) is 6.37. The second-order valence-corrected chi connectivity index (χ2v) is 10.6. The summed E-state index contributed by atoms with van der Waals surface area (Å²) in [6.07, 6.45) is -7.73. The summed E-state index contributed by atoms with van der Waals surface area (Å²) in [4.78, 5) is 13.8.